The Morgan fingerprint density at radius 3 is 2.83 bits per heavy atom. The van der Waals surface area contributed by atoms with Gasteiger partial charge in [0.25, 0.3) is 0 Å². The molecule has 130 valence electrons. The maximum Gasteiger partial charge on any atom is 0.191 e. The molecule has 0 spiro atoms. The van der Waals surface area contributed by atoms with Crippen molar-refractivity contribution in [3.05, 3.63) is 48.0 Å². The van der Waals surface area contributed by atoms with Crippen molar-refractivity contribution in [2.75, 3.05) is 26.7 Å². The number of guanidine groups is 1. The van der Waals surface area contributed by atoms with Gasteiger partial charge in [0.05, 0.1) is 11.6 Å². The smallest absolute Gasteiger partial charge is 0.191 e. The molecule has 0 aliphatic carbocycles. The van der Waals surface area contributed by atoms with Gasteiger partial charge in [-0.05, 0) is 30.5 Å². The van der Waals surface area contributed by atoms with Crippen molar-refractivity contribution in [1.29, 1.82) is 5.26 Å². The van der Waals surface area contributed by atoms with Crippen LogP contribution in [-0.2, 0) is 6.54 Å². The summed E-state index contributed by atoms with van der Waals surface area (Å²) < 4.78 is 0. The van der Waals surface area contributed by atoms with Crippen molar-refractivity contribution in [1.82, 2.24) is 15.5 Å². The number of halogens is 1. The molecule has 1 aliphatic heterocycles. The minimum atomic E-state index is 0. The summed E-state index contributed by atoms with van der Waals surface area (Å²) in [7, 11) is 1.79. The molecule has 0 aromatic heterocycles. The van der Waals surface area contributed by atoms with Crippen LogP contribution in [0.15, 0.2) is 41.9 Å². The number of aliphatic imine (C=N–C) groups is 1. The summed E-state index contributed by atoms with van der Waals surface area (Å²) in [5.41, 5.74) is 1.76. The molecule has 0 bridgehead atoms. The second-order valence-electron chi connectivity index (χ2n) is 5.75. The number of rotatable bonds is 5. The number of nitrogens with zero attached hydrogens (tertiary/aromatic N) is 3. The summed E-state index contributed by atoms with van der Waals surface area (Å²) in [5, 5.41) is 15.8. The van der Waals surface area contributed by atoms with E-state index in [9.17, 15) is 0 Å². The zero-order chi connectivity index (χ0) is 16.5. The van der Waals surface area contributed by atoms with Gasteiger partial charge in [0, 0.05) is 39.3 Å². The Hall–Kier alpha value is -1.59. The highest BCUT2D eigenvalue weighted by Gasteiger charge is 2.18. The van der Waals surface area contributed by atoms with Crippen molar-refractivity contribution in [3.8, 4) is 6.07 Å². The maximum atomic E-state index is 8.94. The Kier molecular flexibility index (Phi) is 9.42. The lowest BCUT2D eigenvalue weighted by atomic mass is 10.1. The van der Waals surface area contributed by atoms with Crippen LogP contribution in [0, 0.1) is 11.3 Å². The minimum absolute atomic E-state index is 0. The van der Waals surface area contributed by atoms with Crippen LogP contribution in [0.1, 0.15) is 24.0 Å². The van der Waals surface area contributed by atoms with E-state index in [0.29, 0.717) is 18.2 Å². The first-order valence-electron chi connectivity index (χ1n) is 8.04. The molecule has 1 fully saturated rings. The van der Waals surface area contributed by atoms with Crippen molar-refractivity contribution >= 4 is 29.9 Å². The summed E-state index contributed by atoms with van der Waals surface area (Å²) in [6.07, 6.45) is 4.18. The first-order valence-corrected chi connectivity index (χ1v) is 8.04. The summed E-state index contributed by atoms with van der Waals surface area (Å²) in [6.45, 7) is 7.60. The van der Waals surface area contributed by atoms with Crippen molar-refractivity contribution < 1.29 is 0 Å². The average Bonchev–Trinajstić information content (AvgIpc) is 2.60. The largest absolute Gasteiger partial charge is 0.354 e. The highest BCUT2D eigenvalue weighted by atomic mass is 127. The lowest BCUT2D eigenvalue weighted by molar-refractivity contribution is 0.225. The Morgan fingerprint density at radius 2 is 2.21 bits per heavy atom. The molecule has 0 saturated carbocycles. The van der Waals surface area contributed by atoms with Gasteiger partial charge in [0.15, 0.2) is 5.96 Å². The van der Waals surface area contributed by atoms with Gasteiger partial charge in [-0.2, -0.15) is 5.26 Å². The number of nitriles is 1. The van der Waals surface area contributed by atoms with E-state index in [1.54, 1.807) is 7.05 Å². The van der Waals surface area contributed by atoms with E-state index in [-0.39, 0.29) is 24.0 Å². The third-order valence-corrected chi connectivity index (χ3v) is 4.06. The molecule has 1 aliphatic rings. The van der Waals surface area contributed by atoms with Gasteiger partial charge < -0.3 is 10.6 Å². The fourth-order valence-corrected chi connectivity index (χ4v) is 2.77. The van der Waals surface area contributed by atoms with E-state index in [4.69, 9.17) is 5.26 Å². The quantitative estimate of drug-likeness (QED) is 0.320. The van der Waals surface area contributed by atoms with Gasteiger partial charge in [0.2, 0.25) is 0 Å². The summed E-state index contributed by atoms with van der Waals surface area (Å²) >= 11 is 0. The lowest BCUT2D eigenvalue weighted by Crippen LogP contribution is -2.48. The zero-order valence-electron chi connectivity index (χ0n) is 14.2. The first kappa shape index (κ1) is 20.5. The van der Waals surface area contributed by atoms with Crippen molar-refractivity contribution in [2.45, 2.75) is 25.4 Å². The van der Waals surface area contributed by atoms with E-state index >= 15 is 0 Å². The molecule has 0 amide bonds. The molecule has 0 radical (unpaired) electrons. The van der Waals surface area contributed by atoms with E-state index in [2.05, 4.69) is 33.2 Å². The molecule has 2 rings (SSSR count). The molecule has 5 nitrogen and oxygen atoms in total. The fourth-order valence-electron chi connectivity index (χ4n) is 2.77. The SMILES string of the molecule is C=CCN1CCC(NC(=NC)NCc2cccc(C#N)c2)CC1.I. The molecule has 1 heterocycles. The Bertz CT molecular complexity index is 585. The third kappa shape index (κ3) is 6.49. The third-order valence-electron chi connectivity index (χ3n) is 4.06. The van der Waals surface area contributed by atoms with Gasteiger partial charge in [-0.3, -0.25) is 9.89 Å². The standard InChI is InChI=1S/C18H25N5.HI/c1-3-9-23-10-7-17(8-11-23)22-18(20-2)21-14-16-6-4-5-15(12-16)13-19;/h3-6,12,17H,1,7-11,14H2,2H3,(H2,20,21,22);1H. The number of hydrogen-bond donors (Lipinski definition) is 2. The van der Waals surface area contributed by atoms with Crippen LogP contribution in [0.5, 0.6) is 0 Å². The molecule has 6 heteroatoms. The number of piperidine rings is 1. The van der Waals surface area contributed by atoms with E-state index in [1.165, 1.54) is 0 Å². The van der Waals surface area contributed by atoms with Gasteiger partial charge >= 0.3 is 0 Å². The average molecular weight is 439 g/mol. The number of hydrogen-bond acceptors (Lipinski definition) is 3. The topological polar surface area (TPSA) is 63.4 Å². The lowest BCUT2D eigenvalue weighted by Gasteiger charge is -2.32. The maximum absolute atomic E-state index is 8.94. The van der Waals surface area contributed by atoms with Crippen LogP contribution in [-0.4, -0.2) is 43.6 Å². The monoisotopic (exact) mass is 439 g/mol. The molecule has 2 N–H and O–H groups in total. The molecule has 1 aromatic carbocycles. The molecule has 1 aromatic rings. The summed E-state index contributed by atoms with van der Waals surface area (Å²) in [5.74, 6) is 0.814. The van der Waals surface area contributed by atoms with Crippen LogP contribution in [0.3, 0.4) is 0 Å². The number of likely N-dealkylation sites (tertiary alicyclic amines) is 1. The Labute approximate surface area is 161 Å². The highest BCUT2D eigenvalue weighted by molar-refractivity contribution is 14.0. The second kappa shape index (κ2) is 11.0. The molecular weight excluding hydrogens is 413 g/mol. The normalized spacial score (nSPS) is 15.9. The zero-order valence-corrected chi connectivity index (χ0v) is 16.5. The Balaban J connectivity index is 0.00000288. The second-order valence-corrected chi connectivity index (χ2v) is 5.75. The van der Waals surface area contributed by atoms with Gasteiger partial charge in [-0.25, -0.2) is 0 Å². The van der Waals surface area contributed by atoms with Gasteiger partial charge in [0.1, 0.15) is 0 Å². The van der Waals surface area contributed by atoms with Crippen LogP contribution >= 0.6 is 24.0 Å². The number of nitrogens with one attached hydrogen (secondary N) is 2. The van der Waals surface area contributed by atoms with Crippen molar-refractivity contribution in [2.24, 2.45) is 4.99 Å². The first-order chi connectivity index (χ1) is 11.2. The molecule has 0 unspecified atom stereocenters. The fraction of sp³-hybridized carbons (Fsp3) is 0.444. The predicted molar refractivity (Wildman–Crippen MR) is 110 cm³/mol. The predicted octanol–water partition coefficient (Wildman–Crippen LogP) is 2.49. The van der Waals surface area contributed by atoms with E-state index < -0.39 is 0 Å². The van der Waals surface area contributed by atoms with Crippen LogP contribution in [0.25, 0.3) is 0 Å². The van der Waals surface area contributed by atoms with E-state index in [1.807, 2.05) is 30.3 Å². The molecular formula is C18H26IN5. The van der Waals surface area contributed by atoms with Gasteiger partial charge in [-0.15, -0.1) is 30.6 Å². The summed E-state index contributed by atoms with van der Waals surface area (Å²) in [6, 6.07) is 10.2. The van der Waals surface area contributed by atoms with Gasteiger partial charge in [-0.1, -0.05) is 18.2 Å². The molecule has 1 saturated heterocycles. The number of benzene rings is 1. The van der Waals surface area contributed by atoms with E-state index in [0.717, 1.165) is 44.0 Å². The highest BCUT2D eigenvalue weighted by Crippen LogP contribution is 2.10. The Morgan fingerprint density at radius 1 is 1.46 bits per heavy atom. The molecule has 24 heavy (non-hydrogen) atoms. The van der Waals surface area contributed by atoms with Crippen LogP contribution < -0.4 is 10.6 Å². The van der Waals surface area contributed by atoms with Crippen LogP contribution in [0.2, 0.25) is 0 Å². The minimum Gasteiger partial charge on any atom is -0.354 e. The van der Waals surface area contributed by atoms with Crippen molar-refractivity contribution in [3.63, 3.8) is 0 Å². The molecule has 0 atom stereocenters. The summed E-state index contributed by atoms with van der Waals surface area (Å²) in [4.78, 5) is 6.71. The van der Waals surface area contributed by atoms with Crippen LogP contribution in [0.4, 0.5) is 0 Å².